The lowest BCUT2D eigenvalue weighted by molar-refractivity contribution is -0.127. The molecule has 1 heterocycles. The number of phenolic OH excluding ortho intramolecular Hbond substituents is 1. The number of amides is 2. The van der Waals surface area contributed by atoms with Crippen LogP contribution in [0.4, 0.5) is 0 Å². The van der Waals surface area contributed by atoms with Crippen LogP contribution < -0.4 is 10.5 Å². The average Bonchev–Trinajstić information content (AvgIpc) is 2.77. The van der Waals surface area contributed by atoms with Crippen LogP contribution in [0.2, 0.25) is 0 Å². The monoisotopic (exact) mass is 460 g/mol. The van der Waals surface area contributed by atoms with Crippen LogP contribution in [-0.4, -0.2) is 67.4 Å². The second-order valence-corrected chi connectivity index (χ2v) is 9.46. The summed E-state index contributed by atoms with van der Waals surface area (Å²) in [5.74, 6) is -0.247. The maximum absolute atomic E-state index is 12.7. The summed E-state index contributed by atoms with van der Waals surface area (Å²) in [6.45, 7) is 5.71. The lowest BCUT2D eigenvalue weighted by Crippen LogP contribution is -2.55. The van der Waals surface area contributed by atoms with Gasteiger partial charge in [0.05, 0.1) is 17.0 Å². The Kier molecular flexibility index (Phi) is 7.17. The molecule has 10 heteroatoms. The summed E-state index contributed by atoms with van der Waals surface area (Å²) in [5, 5.41) is 17.6. The molecule has 0 radical (unpaired) electrons. The van der Waals surface area contributed by atoms with Crippen LogP contribution in [0.3, 0.4) is 0 Å². The van der Waals surface area contributed by atoms with E-state index < -0.39 is 10.0 Å². The molecule has 4 N–H and O–H groups in total. The summed E-state index contributed by atoms with van der Waals surface area (Å²) in [5.41, 5.74) is 1.20. The predicted octanol–water partition coefficient (Wildman–Crippen LogP) is 1.06. The number of hydrogen-bond acceptors (Lipinski definition) is 6. The van der Waals surface area contributed by atoms with E-state index in [2.05, 4.69) is 5.32 Å². The number of carbonyl (C=O) groups is 2. The minimum absolute atomic E-state index is 0.0197. The smallest absolute Gasteiger partial charge is 0.254 e. The van der Waals surface area contributed by atoms with Crippen molar-refractivity contribution in [2.75, 3.05) is 26.2 Å². The molecule has 0 spiro atoms. The molecular formula is C22H28N4O5S. The Morgan fingerprint density at radius 2 is 1.66 bits per heavy atom. The van der Waals surface area contributed by atoms with Crippen molar-refractivity contribution in [2.24, 2.45) is 5.14 Å². The molecule has 1 saturated heterocycles. The molecule has 172 valence electrons. The zero-order chi connectivity index (χ0) is 23.5. The zero-order valence-electron chi connectivity index (χ0n) is 18.1. The Hall–Kier alpha value is -2.95. The van der Waals surface area contributed by atoms with Gasteiger partial charge in [0.2, 0.25) is 15.9 Å². The van der Waals surface area contributed by atoms with Gasteiger partial charge in [-0.25, -0.2) is 13.6 Å². The largest absolute Gasteiger partial charge is 0.508 e. The third-order valence-corrected chi connectivity index (χ3v) is 6.62. The van der Waals surface area contributed by atoms with Crippen LogP contribution in [0, 0.1) is 0 Å². The molecule has 0 aliphatic carbocycles. The van der Waals surface area contributed by atoms with E-state index in [1.54, 1.807) is 29.2 Å². The number of nitrogens with zero attached hydrogens (tertiary/aromatic N) is 2. The first kappa shape index (κ1) is 23.7. The first-order valence-corrected chi connectivity index (χ1v) is 11.9. The Bertz CT molecular complexity index is 1080. The average molecular weight is 461 g/mol. The summed E-state index contributed by atoms with van der Waals surface area (Å²) >= 11 is 0. The molecule has 0 aromatic heterocycles. The maximum Gasteiger partial charge on any atom is 0.254 e. The van der Waals surface area contributed by atoms with Crippen molar-refractivity contribution in [2.45, 2.75) is 30.8 Å². The van der Waals surface area contributed by atoms with Crippen molar-refractivity contribution in [3.05, 3.63) is 59.7 Å². The molecule has 2 amide bonds. The number of nitrogens with two attached hydrogens (primary N) is 1. The van der Waals surface area contributed by atoms with E-state index in [1.165, 1.54) is 24.3 Å². The Morgan fingerprint density at radius 1 is 1.03 bits per heavy atom. The lowest BCUT2D eigenvalue weighted by Gasteiger charge is -2.37. The molecule has 2 aromatic carbocycles. The van der Waals surface area contributed by atoms with Gasteiger partial charge < -0.3 is 15.3 Å². The zero-order valence-corrected chi connectivity index (χ0v) is 18.9. The number of primary sulfonamides is 1. The standard InChI is InChI=1S/C22H28N4O5S/c1-15(17-6-8-20(9-7-17)32(23,30)31)24-21(28)16(2)25-10-12-26(13-11-25)22(29)18-4-3-5-19(27)14-18/h3-9,14-16,27H,10-13H2,1-2H3,(H,24,28)(H2,23,30,31). The van der Waals surface area contributed by atoms with Gasteiger partial charge >= 0.3 is 0 Å². The fourth-order valence-electron chi connectivity index (χ4n) is 3.66. The second kappa shape index (κ2) is 9.68. The third-order valence-electron chi connectivity index (χ3n) is 5.69. The molecule has 3 rings (SSSR count). The number of rotatable bonds is 6. The molecule has 0 saturated carbocycles. The van der Waals surface area contributed by atoms with Crippen molar-refractivity contribution in [1.29, 1.82) is 0 Å². The molecule has 2 aromatic rings. The SMILES string of the molecule is CC(NC(=O)C(C)N1CCN(C(=O)c2cccc(O)c2)CC1)c1ccc(S(N)(=O)=O)cc1. The van der Waals surface area contributed by atoms with Crippen molar-refractivity contribution in [1.82, 2.24) is 15.1 Å². The van der Waals surface area contributed by atoms with Gasteiger partial charge in [-0.2, -0.15) is 0 Å². The van der Waals surface area contributed by atoms with Crippen LogP contribution >= 0.6 is 0 Å². The number of phenols is 1. The molecule has 2 unspecified atom stereocenters. The highest BCUT2D eigenvalue weighted by Gasteiger charge is 2.28. The van der Waals surface area contributed by atoms with Gasteiger partial charge in [0.1, 0.15) is 5.75 Å². The van der Waals surface area contributed by atoms with E-state index in [-0.39, 0.29) is 34.5 Å². The van der Waals surface area contributed by atoms with Crippen LogP contribution in [0.25, 0.3) is 0 Å². The number of aromatic hydroxyl groups is 1. The first-order valence-electron chi connectivity index (χ1n) is 10.3. The van der Waals surface area contributed by atoms with Crippen molar-refractivity contribution in [3.63, 3.8) is 0 Å². The Labute approximate surface area is 187 Å². The number of nitrogens with one attached hydrogen (secondary N) is 1. The fraction of sp³-hybridized carbons (Fsp3) is 0.364. The molecule has 1 aliphatic rings. The second-order valence-electron chi connectivity index (χ2n) is 7.90. The lowest BCUT2D eigenvalue weighted by atomic mass is 10.1. The molecule has 1 fully saturated rings. The van der Waals surface area contributed by atoms with E-state index in [9.17, 15) is 23.1 Å². The number of hydrogen-bond donors (Lipinski definition) is 3. The molecular weight excluding hydrogens is 432 g/mol. The molecule has 2 atom stereocenters. The number of sulfonamides is 1. The fourth-order valence-corrected chi connectivity index (χ4v) is 4.18. The maximum atomic E-state index is 12.7. The molecule has 32 heavy (non-hydrogen) atoms. The summed E-state index contributed by atoms with van der Waals surface area (Å²) in [7, 11) is -3.76. The van der Waals surface area contributed by atoms with Crippen molar-refractivity contribution in [3.8, 4) is 5.75 Å². The van der Waals surface area contributed by atoms with E-state index in [0.29, 0.717) is 31.7 Å². The highest BCUT2D eigenvalue weighted by Crippen LogP contribution is 2.18. The quantitative estimate of drug-likeness (QED) is 0.590. The van der Waals surface area contributed by atoms with Gasteiger partial charge in [0.15, 0.2) is 0 Å². The summed E-state index contributed by atoms with van der Waals surface area (Å²) < 4.78 is 22.8. The summed E-state index contributed by atoms with van der Waals surface area (Å²) in [4.78, 5) is 29.1. The third kappa shape index (κ3) is 5.64. The van der Waals surface area contributed by atoms with Crippen LogP contribution in [0.1, 0.15) is 35.8 Å². The van der Waals surface area contributed by atoms with Crippen molar-refractivity contribution < 1.29 is 23.1 Å². The number of piperazine rings is 1. The highest BCUT2D eigenvalue weighted by molar-refractivity contribution is 7.89. The minimum Gasteiger partial charge on any atom is -0.508 e. The van der Waals surface area contributed by atoms with E-state index in [0.717, 1.165) is 5.56 Å². The van der Waals surface area contributed by atoms with Crippen molar-refractivity contribution >= 4 is 21.8 Å². The number of carbonyl (C=O) groups excluding carboxylic acids is 2. The minimum atomic E-state index is -3.76. The molecule has 0 bridgehead atoms. The normalized spacial score (nSPS) is 16.9. The van der Waals surface area contributed by atoms with Gasteiger partial charge in [0.25, 0.3) is 5.91 Å². The van der Waals surface area contributed by atoms with Gasteiger partial charge in [-0.3, -0.25) is 14.5 Å². The van der Waals surface area contributed by atoms with Gasteiger partial charge in [-0.05, 0) is 49.7 Å². The number of benzene rings is 2. The van der Waals surface area contributed by atoms with Gasteiger partial charge in [-0.15, -0.1) is 0 Å². The topological polar surface area (TPSA) is 133 Å². The van der Waals surface area contributed by atoms with Crippen LogP contribution in [0.5, 0.6) is 5.75 Å². The van der Waals surface area contributed by atoms with Gasteiger partial charge in [-0.1, -0.05) is 18.2 Å². The van der Waals surface area contributed by atoms with Crippen LogP contribution in [0.15, 0.2) is 53.4 Å². The highest BCUT2D eigenvalue weighted by atomic mass is 32.2. The Balaban J connectivity index is 1.53. The Morgan fingerprint density at radius 3 is 2.22 bits per heavy atom. The summed E-state index contributed by atoms with van der Waals surface area (Å²) in [6, 6.07) is 11.6. The van der Waals surface area contributed by atoms with E-state index in [4.69, 9.17) is 5.14 Å². The first-order chi connectivity index (χ1) is 15.1. The van der Waals surface area contributed by atoms with Crippen LogP contribution in [-0.2, 0) is 14.8 Å². The molecule has 1 aliphatic heterocycles. The predicted molar refractivity (Wildman–Crippen MR) is 119 cm³/mol. The summed E-state index contributed by atoms with van der Waals surface area (Å²) in [6.07, 6.45) is 0. The van der Waals surface area contributed by atoms with Gasteiger partial charge in [0, 0.05) is 31.7 Å². The van der Waals surface area contributed by atoms with E-state index in [1.807, 2.05) is 18.7 Å². The molecule has 9 nitrogen and oxygen atoms in total. The van der Waals surface area contributed by atoms with E-state index >= 15 is 0 Å².